The fraction of sp³-hybridized carbons (Fsp3) is 0.417. The summed E-state index contributed by atoms with van der Waals surface area (Å²) in [5, 5.41) is 2.85. The van der Waals surface area contributed by atoms with Crippen molar-refractivity contribution >= 4 is 45.0 Å². The lowest BCUT2D eigenvalue weighted by Gasteiger charge is -2.25. The molecular weight excluding hydrogens is 458 g/mol. The number of hydrogen-bond acceptors (Lipinski definition) is 5. The van der Waals surface area contributed by atoms with E-state index in [1.54, 1.807) is 18.2 Å². The monoisotopic (exact) mass is 487 g/mol. The van der Waals surface area contributed by atoms with Crippen molar-refractivity contribution in [3.8, 4) is 0 Å². The molecule has 0 aliphatic carbocycles. The van der Waals surface area contributed by atoms with Crippen LogP contribution in [0.4, 0.5) is 11.4 Å². The van der Waals surface area contributed by atoms with Gasteiger partial charge in [0.1, 0.15) is 6.54 Å². The second-order valence-electron chi connectivity index (χ2n) is 8.48. The van der Waals surface area contributed by atoms with E-state index in [0.29, 0.717) is 30.2 Å². The zero-order chi connectivity index (χ0) is 23.6. The molecule has 2 aliphatic heterocycles. The number of sulfonamides is 1. The van der Waals surface area contributed by atoms with E-state index in [2.05, 4.69) is 12.2 Å². The van der Waals surface area contributed by atoms with Gasteiger partial charge in [0.2, 0.25) is 21.8 Å². The first-order chi connectivity index (χ1) is 15.8. The summed E-state index contributed by atoms with van der Waals surface area (Å²) in [7, 11) is -3.64. The third-order valence-electron chi connectivity index (χ3n) is 6.05. The number of amides is 2. The minimum Gasteiger partial charge on any atom is -0.325 e. The van der Waals surface area contributed by atoms with Crippen LogP contribution in [0.2, 0.25) is 0 Å². The van der Waals surface area contributed by atoms with Gasteiger partial charge >= 0.3 is 0 Å². The Kier molecular flexibility index (Phi) is 7.11. The molecule has 1 fully saturated rings. The lowest BCUT2D eigenvalue weighted by atomic mass is 10.1. The molecule has 2 amide bonds. The molecule has 9 heteroatoms. The Labute approximate surface area is 199 Å². The van der Waals surface area contributed by atoms with Gasteiger partial charge in [-0.25, -0.2) is 8.42 Å². The van der Waals surface area contributed by atoms with Gasteiger partial charge < -0.3 is 10.2 Å². The van der Waals surface area contributed by atoms with Crippen LogP contribution in [0.5, 0.6) is 0 Å². The molecule has 33 heavy (non-hydrogen) atoms. The maximum absolute atomic E-state index is 13.2. The summed E-state index contributed by atoms with van der Waals surface area (Å²) >= 11 is 1.51. The van der Waals surface area contributed by atoms with E-state index in [-0.39, 0.29) is 29.2 Å². The summed E-state index contributed by atoms with van der Waals surface area (Å²) in [6.07, 6.45) is 2.61. The first-order valence-corrected chi connectivity index (χ1v) is 13.7. The highest BCUT2D eigenvalue weighted by Gasteiger charge is 2.33. The van der Waals surface area contributed by atoms with Crippen LogP contribution in [-0.2, 0) is 26.0 Å². The van der Waals surface area contributed by atoms with Gasteiger partial charge in [-0.15, -0.1) is 11.8 Å². The van der Waals surface area contributed by atoms with Crippen LogP contribution in [0.1, 0.15) is 32.3 Å². The molecule has 176 valence electrons. The SMILES string of the molecule is CCc1ccc(NC(=O)CN2C(=O)C(C)CSc3ccc(S(=O)(=O)N4CCCC4)cc32)cc1. The van der Waals surface area contributed by atoms with Crippen LogP contribution in [0.3, 0.4) is 0 Å². The largest absolute Gasteiger partial charge is 0.325 e. The number of carbonyl (C=O) groups is 2. The predicted octanol–water partition coefficient (Wildman–Crippen LogP) is 3.75. The van der Waals surface area contributed by atoms with Crippen molar-refractivity contribution in [1.29, 1.82) is 0 Å². The van der Waals surface area contributed by atoms with Crippen LogP contribution >= 0.6 is 11.8 Å². The van der Waals surface area contributed by atoms with E-state index in [1.807, 2.05) is 31.2 Å². The first kappa shape index (κ1) is 23.8. The van der Waals surface area contributed by atoms with E-state index in [9.17, 15) is 18.0 Å². The Morgan fingerprint density at radius 1 is 1.12 bits per heavy atom. The van der Waals surface area contributed by atoms with E-state index in [0.717, 1.165) is 24.2 Å². The van der Waals surface area contributed by atoms with Gasteiger partial charge in [0, 0.05) is 35.3 Å². The number of hydrogen-bond donors (Lipinski definition) is 1. The van der Waals surface area contributed by atoms with Gasteiger partial charge in [-0.3, -0.25) is 9.59 Å². The number of nitrogens with zero attached hydrogens (tertiary/aromatic N) is 2. The third-order valence-corrected chi connectivity index (χ3v) is 9.27. The molecular formula is C24H29N3O4S2. The second-order valence-corrected chi connectivity index (χ2v) is 11.5. The van der Waals surface area contributed by atoms with E-state index < -0.39 is 10.0 Å². The van der Waals surface area contributed by atoms with Crippen LogP contribution in [0, 0.1) is 5.92 Å². The van der Waals surface area contributed by atoms with Crippen LogP contribution < -0.4 is 10.2 Å². The standard InChI is InChI=1S/C24H29N3O4S2/c1-3-18-6-8-19(9-7-18)25-23(28)15-27-21-14-20(33(30,31)26-12-4-5-13-26)10-11-22(21)32-16-17(2)24(27)29/h6-11,14,17H,3-5,12-13,15-16H2,1-2H3,(H,25,28). The highest BCUT2D eigenvalue weighted by Crippen LogP contribution is 2.38. The topological polar surface area (TPSA) is 86.8 Å². The number of benzene rings is 2. The fourth-order valence-corrected chi connectivity index (χ4v) is 6.66. The van der Waals surface area contributed by atoms with Crippen molar-refractivity contribution in [2.45, 2.75) is 42.9 Å². The predicted molar refractivity (Wildman–Crippen MR) is 131 cm³/mol. The molecule has 1 atom stereocenters. The van der Waals surface area contributed by atoms with E-state index in [4.69, 9.17) is 0 Å². The molecule has 1 saturated heterocycles. The van der Waals surface area contributed by atoms with Crippen molar-refractivity contribution in [2.24, 2.45) is 5.92 Å². The molecule has 1 N–H and O–H groups in total. The summed E-state index contributed by atoms with van der Waals surface area (Å²) in [5.74, 6) is -0.239. The zero-order valence-corrected chi connectivity index (χ0v) is 20.5. The lowest BCUT2D eigenvalue weighted by molar-refractivity contribution is -0.123. The van der Waals surface area contributed by atoms with Crippen LogP contribution in [-0.4, -0.2) is 49.9 Å². The van der Waals surface area contributed by atoms with Gasteiger partial charge in [0.25, 0.3) is 0 Å². The molecule has 0 bridgehead atoms. The maximum Gasteiger partial charge on any atom is 0.244 e. The molecule has 2 aromatic carbocycles. The quantitative estimate of drug-likeness (QED) is 0.671. The molecule has 2 aromatic rings. The van der Waals surface area contributed by atoms with Gasteiger partial charge in [-0.2, -0.15) is 4.31 Å². The molecule has 7 nitrogen and oxygen atoms in total. The summed E-state index contributed by atoms with van der Waals surface area (Å²) < 4.78 is 27.7. The highest BCUT2D eigenvalue weighted by molar-refractivity contribution is 7.99. The summed E-state index contributed by atoms with van der Waals surface area (Å²) in [6.45, 7) is 4.73. The summed E-state index contributed by atoms with van der Waals surface area (Å²) in [6, 6.07) is 12.5. The molecule has 2 heterocycles. The molecule has 0 aromatic heterocycles. The van der Waals surface area contributed by atoms with Gasteiger partial charge in [0.15, 0.2) is 0 Å². The average Bonchev–Trinajstić information content (AvgIpc) is 3.34. The molecule has 2 aliphatic rings. The number of rotatable bonds is 6. The van der Waals surface area contributed by atoms with Crippen molar-refractivity contribution in [1.82, 2.24) is 4.31 Å². The van der Waals surface area contributed by atoms with Gasteiger partial charge in [-0.05, 0) is 55.2 Å². The number of carbonyl (C=O) groups excluding carboxylic acids is 2. The number of fused-ring (bicyclic) bond motifs is 1. The minimum atomic E-state index is -3.64. The Morgan fingerprint density at radius 3 is 2.48 bits per heavy atom. The molecule has 4 rings (SSSR count). The Balaban J connectivity index is 1.62. The normalized spacial score (nSPS) is 19.3. The highest BCUT2D eigenvalue weighted by atomic mass is 32.2. The Hall–Kier alpha value is -2.36. The number of thioether (sulfide) groups is 1. The van der Waals surface area contributed by atoms with Crippen molar-refractivity contribution < 1.29 is 18.0 Å². The van der Waals surface area contributed by atoms with E-state index >= 15 is 0 Å². The molecule has 0 saturated carbocycles. The molecule has 0 spiro atoms. The van der Waals surface area contributed by atoms with Crippen molar-refractivity contribution in [3.63, 3.8) is 0 Å². The average molecular weight is 488 g/mol. The maximum atomic E-state index is 13.2. The lowest BCUT2D eigenvalue weighted by Crippen LogP contribution is -2.41. The minimum absolute atomic E-state index is 0.159. The van der Waals surface area contributed by atoms with Crippen LogP contribution in [0.25, 0.3) is 0 Å². The number of anilines is 2. The first-order valence-electron chi connectivity index (χ1n) is 11.3. The van der Waals surface area contributed by atoms with Gasteiger partial charge in [0.05, 0.1) is 10.6 Å². The number of aryl methyl sites for hydroxylation is 1. The summed E-state index contributed by atoms with van der Waals surface area (Å²) in [4.78, 5) is 28.4. The third kappa shape index (κ3) is 5.10. The smallest absolute Gasteiger partial charge is 0.244 e. The summed E-state index contributed by atoms with van der Waals surface area (Å²) in [5.41, 5.74) is 2.31. The second kappa shape index (κ2) is 9.87. The Bertz CT molecular complexity index is 1140. The van der Waals surface area contributed by atoms with E-state index in [1.165, 1.54) is 26.5 Å². The molecule has 1 unspecified atom stereocenters. The Morgan fingerprint density at radius 2 is 1.82 bits per heavy atom. The molecule has 0 radical (unpaired) electrons. The van der Waals surface area contributed by atoms with Crippen molar-refractivity contribution in [3.05, 3.63) is 48.0 Å². The van der Waals surface area contributed by atoms with Gasteiger partial charge in [-0.1, -0.05) is 26.0 Å². The van der Waals surface area contributed by atoms with Crippen molar-refractivity contribution in [2.75, 3.05) is 35.6 Å². The zero-order valence-electron chi connectivity index (χ0n) is 18.9. The number of nitrogens with one attached hydrogen (secondary N) is 1. The fourth-order valence-electron chi connectivity index (χ4n) is 4.07. The van der Waals surface area contributed by atoms with Crippen LogP contribution in [0.15, 0.2) is 52.3 Å².